The number of aromatic nitrogens is 2. The van der Waals surface area contributed by atoms with E-state index in [2.05, 4.69) is 34.3 Å². The quantitative estimate of drug-likeness (QED) is 0.735. The van der Waals surface area contributed by atoms with Crippen molar-refractivity contribution >= 4 is 17.8 Å². The number of carbonyl (C=O) groups is 2. The highest BCUT2D eigenvalue weighted by molar-refractivity contribution is 5.79. The smallest absolute Gasteiger partial charge is 0.390 e. The van der Waals surface area contributed by atoms with Crippen LogP contribution in [-0.2, 0) is 4.79 Å². The molecule has 0 aromatic carbocycles. The van der Waals surface area contributed by atoms with Crippen molar-refractivity contribution in [3.8, 4) is 5.88 Å². The lowest BCUT2D eigenvalue weighted by molar-refractivity contribution is -0.136. The van der Waals surface area contributed by atoms with Gasteiger partial charge in [-0.05, 0) is 31.2 Å². The second kappa shape index (κ2) is 9.71. The van der Waals surface area contributed by atoms with Crippen LogP contribution < -0.4 is 15.0 Å². The predicted octanol–water partition coefficient (Wildman–Crippen LogP) is 2.45. The van der Waals surface area contributed by atoms with Gasteiger partial charge in [0, 0.05) is 44.7 Å². The minimum atomic E-state index is -0.490. The molecule has 1 aromatic heterocycles. The van der Waals surface area contributed by atoms with E-state index < -0.39 is 6.09 Å². The fraction of sp³-hybridized carbons (Fsp3) is 0.700. The molecule has 8 heteroatoms. The molecule has 2 amide bonds. The monoisotopic (exact) mass is 389 g/mol. The molecule has 0 unspecified atom stereocenters. The number of carbonyl (C=O) groups excluding carboxylic acids is 2. The van der Waals surface area contributed by atoms with Gasteiger partial charge in [0.15, 0.2) is 5.82 Å². The normalized spacial score (nSPS) is 17.0. The highest BCUT2D eigenvalue weighted by Gasteiger charge is 2.26. The van der Waals surface area contributed by atoms with Crippen LogP contribution in [0, 0.1) is 11.8 Å². The summed E-state index contributed by atoms with van der Waals surface area (Å²) < 4.78 is 5.16. The highest BCUT2D eigenvalue weighted by atomic mass is 16.6. The van der Waals surface area contributed by atoms with Crippen LogP contribution in [0.25, 0.3) is 0 Å². The molecule has 1 aromatic rings. The number of piperazine rings is 1. The Hall–Kier alpha value is -2.38. The first-order valence-corrected chi connectivity index (χ1v) is 10.4. The topological polar surface area (TPSA) is 87.7 Å². The molecule has 2 aliphatic rings. The standard InChI is InChI=1S/C20H31N5O3/c1-3-16(4-2)19(26)25-13-11-24(12-14-25)17-7-8-18(23-22-17)28-20(27)21-10-9-15-5-6-15/h7-8,15-16H,3-6,9-14H2,1-2H3,(H,21,27). The summed E-state index contributed by atoms with van der Waals surface area (Å²) in [7, 11) is 0. The summed E-state index contributed by atoms with van der Waals surface area (Å²) >= 11 is 0. The molecule has 0 atom stereocenters. The maximum absolute atomic E-state index is 12.5. The van der Waals surface area contributed by atoms with Gasteiger partial charge in [-0.2, -0.15) is 0 Å². The first-order chi connectivity index (χ1) is 13.6. The number of rotatable bonds is 8. The molecule has 0 spiro atoms. The maximum Gasteiger partial charge on any atom is 0.413 e. The molecule has 3 rings (SSSR count). The van der Waals surface area contributed by atoms with Gasteiger partial charge in [-0.15, -0.1) is 10.2 Å². The first-order valence-electron chi connectivity index (χ1n) is 10.4. The molecular weight excluding hydrogens is 358 g/mol. The van der Waals surface area contributed by atoms with Crippen LogP contribution >= 0.6 is 0 Å². The summed E-state index contributed by atoms with van der Waals surface area (Å²) in [6, 6.07) is 3.46. The van der Waals surface area contributed by atoms with E-state index in [0.717, 1.165) is 44.1 Å². The number of hydrogen-bond acceptors (Lipinski definition) is 6. The Kier molecular flexibility index (Phi) is 7.06. The average Bonchev–Trinajstić information content (AvgIpc) is 3.54. The Labute approximate surface area is 166 Å². The van der Waals surface area contributed by atoms with E-state index in [0.29, 0.717) is 19.6 Å². The van der Waals surface area contributed by atoms with Gasteiger partial charge in [-0.3, -0.25) is 4.79 Å². The van der Waals surface area contributed by atoms with Gasteiger partial charge in [0.2, 0.25) is 11.8 Å². The zero-order valence-corrected chi connectivity index (χ0v) is 16.9. The Balaban J connectivity index is 1.43. The van der Waals surface area contributed by atoms with Crippen molar-refractivity contribution < 1.29 is 14.3 Å². The molecule has 1 saturated carbocycles. The average molecular weight is 390 g/mol. The van der Waals surface area contributed by atoms with E-state index in [1.165, 1.54) is 12.8 Å². The van der Waals surface area contributed by atoms with Crippen molar-refractivity contribution in [2.75, 3.05) is 37.6 Å². The maximum atomic E-state index is 12.5. The van der Waals surface area contributed by atoms with Crippen LogP contribution in [0.2, 0.25) is 0 Å². The predicted molar refractivity (Wildman–Crippen MR) is 106 cm³/mol. The van der Waals surface area contributed by atoms with E-state index in [1.807, 2.05) is 4.90 Å². The van der Waals surface area contributed by atoms with Crippen molar-refractivity contribution in [3.63, 3.8) is 0 Å². The molecule has 154 valence electrons. The third-order valence-corrected chi connectivity index (χ3v) is 5.59. The molecule has 1 N–H and O–H groups in total. The fourth-order valence-electron chi connectivity index (χ4n) is 3.50. The minimum absolute atomic E-state index is 0.123. The zero-order chi connectivity index (χ0) is 19.9. The Morgan fingerprint density at radius 3 is 2.43 bits per heavy atom. The van der Waals surface area contributed by atoms with E-state index in [4.69, 9.17) is 4.74 Å². The number of anilines is 1. The third kappa shape index (κ3) is 5.56. The van der Waals surface area contributed by atoms with Crippen molar-refractivity contribution in [1.29, 1.82) is 0 Å². The fourth-order valence-corrected chi connectivity index (χ4v) is 3.50. The van der Waals surface area contributed by atoms with Gasteiger partial charge in [0.1, 0.15) is 0 Å². The number of ether oxygens (including phenoxy) is 1. The molecular formula is C20H31N5O3. The lowest BCUT2D eigenvalue weighted by Crippen LogP contribution is -2.50. The van der Waals surface area contributed by atoms with Crippen LogP contribution in [0.15, 0.2) is 12.1 Å². The van der Waals surface area contributed by atoms with E-state index in [1.54, 1.807) is 12.1 Å². The molecule has 0 bridgehead atoms. The van der Waals surface area contributed by atoms with Crippen LogP contribution in [-0.4, -0.2) is 59.8 Å². The second-order valence-electron chi connectivity index (χ2n) is 7.60. The van der Waals surface area contributed by atoms with Crippen molar-refractivity contribution in [3.05, 3.63) is 12.1 Å². The van der Waals surface area contributed by atoms with E-state index in [9.17, 15) is 9.59 Å². The first kappa shape index (κ1) is 20.4. The summed E-state index contributed by atoms with van der Waals surface area (Å²) in [5.41, 5.74) is 0. The van der Waals surface area contributed by atoms with Gasteiger partial charge >= 0.3 is 6.09 Å². The Morgan fingerprint density at radius 1 is 1.14 bits per heavy atom. The molecule has 1 aliphatic heterocycles. The molecule has 8 nitrogen and oxygen atoms in total. The number of nitrogens with zero attached hydrogens (tertiary/aromatic N) is 4. The lowest BCUT2D eigenvalue weighted by atomic mass is 10.0. The SMILES string of the molecule is CCC(CC)C(=O)N1CCN(c2ccc(OC(=O)NCCC3CC3)nn2)CC1. The van der Waals surface area contributed by atoms with Gasteiger partial charge in [0.05, 0.1) is 0 Å². The molecule has 1 saturated heterocycles. The number of nitrogens with one attached hydrogen (secondary N) is 1. The summed E-state index contributed by atoms with van der Waals surface area (Å²) in [4.78, 5) is 28.3. The molecule has 2 heterocycles. The van der Waals surface area contributed by atoms with Gasteiger partial charge in [-0.25, -0.2) is 4.79 Å². The van der Waals surface area contributed by atoms with Gasteiger partial charge < -0.3 is 19.9 Å². The van der Waals surface area contributed by atoms with E-state index >= 15 is 0 Å². The van der Waals surface area contributed by atoms with Crippen LogP contribution in [0.1, 0.15) is 46.0 Å². The Morgan fingerprint density at radius 2 is 1.86 bits per heavy atom. The number of hydrogen-bond donors (Lipinski definition) is 1. The third-order valence-electron chi connectivity index (χ3n) is 5.59. The summed E-state index contributed by atoms with van der Waals surface area (Å²) in [5.74, 6) is 2.07. The Bertz CT molecular complexity index is 650. The molecule has 28 heavy (non-hydrogen) atoms. The summed E-state index contributed by atoms with van der Waals surface area (Å²) in [6.07, 6.45) is 4.82. The summed E-state index contributed by atoms with van der Waals surface area (Å²) in [6.45, 7) is 7.60. The van der Waals surface area contributed by atoms with Crippen LogP contribution in [0.3, 0.4) is 0 Å². The molecule has 1 aliphatic carbocycles. The van der Waals surface area contributed by atoms with Gasteiger partial charge in [-0.1, -0.05) is 26.7 Å². The van der Waals surface area contributed by atoms with Crippen LogP contribution in [0.4, 0.5) is 10.6 Å². The molecule has 2 fully saturated rings. The van der Waals surface area contributed by atoms with Crippen molar-refractivity contribution in [2.24, 2.45) is 11.8 Å². The second-order valence-corrected chi connectivity index (χ2v) is 7.60. The van der Waals surface area contributed by atoms with Crippen LogP contribution in [0.5, 0.6) is 5.88 Å². The lowest BCUT2D eigenvalue weighted by Gasteiger charge is -2.36. The summed E-state index contributed by atoms with van der Waals surface area (Å²) in [5, 5.41) is 10.9. The molecule has 0 radical (unpaired) electrons. The van der Waals surface area contributed by atoms with Gasteiger partial charge in [0.25, 0.3) is 0 Å². The minimum Gasteiger partial charge on any atom is -0.390 e. The largest absolute Gasteiger partial charge is 0.413 e. The van der Waals surface area contributed by atoms with Crippen molar-refractivity contribution in [1.82, 2.24) is 20.4 Å². The van der Waals surface area contributed by atoms with E-state index in [-0.39, 0.29) is 17.7 Å². The number of amides is 2. The van der Waals surface area contributed by atoms with Crippen molar-refractivity contribution in [2.45, 2.75) is 46.0 Å². The highest BCUT2D eigenvalue weighted by Crippen LogP contribution is 2.31. The zero-order valence-electron chi connectivity index (χ0n) is 16.9.